The van der Waals surface area contributed by atoms with Crippen molar-refractivity contribution in [2.45, 2.75) is 24.7 Å². The number of nitro benzene ring substituents is 1. The summed E-state index contributed by atoms with van der Waals surface area (Å²) in [6.07, 6.45) is 2.71. The monoisotopic (exact) mass is 379 g/mol. The number of hydrogen-bond acceptors (Lipinski definition) is 2. The van der Waals surface area contributed by atoms with Crippen LogP contribution < -0.4 is 0 Å². The quantitative estimate of drug-likeness (QED) is 0.314. The maximum Gasteiger partial charge on any atom is 0.277 e. The fourth-order valence-electron chi connectivity index (χ4n) is 5.02. The molecule has 0 N–H and O–H groups in total. The van der Waals surface area contributed by atoms with Crippen LogP contribution in [0.5, 0.6) is 0 Å². The standard InChI is InChI=1S/C26H21NO2/c28-27(29)24-15-14-21-18-26(16-19-8-3-1-4-9-19,17-20-10-5-2-6-11-20)23-13-7-12-22(24)25(21)23/h1-15H,16-18H2. The summed E-state index contributed by atoms with van der Waals surface area (Å²) in [5, 5.41) is 13.4. The zero-order valence-electron chi connectivity index (χ0n) is 16.0. The van der Waals surface area contributed by atoms with Gasteiger partial charge in [0.05, 0.1) is 10.3 Å². The Labute approximate surface area is 169 Å². The molecule has 0 radical (unpaired) electrons. The second kappa shape index (κ2) is 6.85. The zero-order chi connectivity index (χ0) is 19.8. The Bertz CT molecular complexity index is 1160. The number of benzene rings is 4. The van der Waals surface area contributed by atoms with Crippen molar-refractivity contribution < 1.29 is 4.92 Å². The van der Waals surface area contributed by atoms with Crippen LogP contribution in [0.1, 0.15) is 22.3 Å². The molecule has 0 fully saturated rings. The van der Waals surface area contributed by atoms with E-state index in [9.17, 15) is 10.1 Å². The highest BCUT2D eigenvalue weighted by Gasteiger charge is 2.40. The molecule has 0 amide bonds. The Morgan fingerprint density at radius 2 is 1.38 bits per heavy atom. The maximum atomic E-state index is 11.6. The Morgan fingerprint density at radius 1 is 0.759 bits per heavy atom. The van der Waals surface area contributed by atoms with Gasteiger partial charge in [-0.05, 0) is 53.0 Å². The van der Waals surface area contributed by atoms with Crippen molar-refractivity contribution in [2.75, 3.05) is 0 Å². The molecule has 0 bridgehead atoms. The smallest absolute Gasteiger partial charge is 0.258 e. The van der Waals surface area contributed by atoms with Crippen molar-refractivity contribution in [3.05, 3.63) is 123 Å². The van der Waals surface area contributed by atoms with Gasteiger partial charge in [-0.25, -0.2) is 0 Å². The van der Waals surface area contributed by atoms with Crippen molar-refractivity contribution in [3.8, 4) is 0 Å². The first-order valence-corrected chi connectivity index (χ1v) is 9.94. The predicted molar refractivity (Wildman–Crippen MR) is 116 cm³/mol. The first-order chi connectivity index (χ1) is 14.2. The molecule has 142 valence electrons. The largest absolute Gasteiger partial charge is 0.277 e. The third kappa shape index (κ3) is 2.99. The fraction of sp³-hybridized carbons (Fsp3) is 0.154. The molecule has 4 aromatic rings. The molecule has 0 saturated heterocycles. The molecule has 0 saturated carbocycles. The molecule has 4 aromatic carbocycles. The van der Waals surface area contributed by atoms with E-state index in [4.69, 9.17) is 0 Å². The average molecular weight is 379 g/mol. The molecule has 0 aromatic heterocycles. The van der Waals surface area contributed by atoms with E-state index in [0.717, 1.165) is 30.0 Å². The van der Waals surface area contributed by atoms with Gasteiger partial charge in [-0.2, -0.15) is 0 Å². The van der Waals surface area contributed by atoms with Gasteiger partial charge < -0.3 is 0 Å². The fourth-order valence-corrected chi connectivity index (χ4v) is 5.02. The number of rotatable bonds is 5. The summed E-state index contributed by atoms with van der Waals surface area (Å²) in [6, 6.07) is 30.8. The zero-order valence-corrected chi connectivity index (χ0v) is 16.0. The second-order valence-corrected chi connectivity index (χ2v) is 8.01. The minimum atomic E-state index is -0.267. The Hall–Kier alpha value is -3.46. The van der Waals surface area contributed by atoms with Crippen LogP contribution in [0.4, 0.5) is 5.69 Å². The van der Waals surface area contributed by atoms with Crippen molar-refractivity contribution >= 4 is 16.5 Å². The molecular formula is C26H21NO2. The predicted octanol–water partition coefficient (Wildman–Crippen LogP) is 6.03. The highest BCUT2D eigenvalue weighted by Crippen LogP contribution is 2.48. The van der Waals surface area contributed by atoms with Crippen molar-refractivity contribution in [1.82, 2.24) is 0 Å². The first kappa shape index (κ1) is 17.6. The van der Waals surface area contributed by atoms with Gasteiger partial charge in [0.25, 0.3) is 5.69 Å². The third-order valence-electron chi connectivity index (χ3n) is 6.17. The van der Waals surface area contributed by atoms with Gasteiger partial charge in [-0.15, -0.1) is 0 Å². The molecule has 3 nitrogen and oxygen atoms in total. The van der Waals surface area contributed by atoms with Crippen LogP contribution in [-0.2, 0) is 24.7 Å². The first-order valence-electron chi connectivity index (χ1n) is 9.94. The summed E-state index contributed by atoms with van der Waals surface area (Å²) in [4.78, 5) is 11.3. The Morgan fingerprint density at radius 3 is 1.97 bits per heavy atom. The lowest BCUT2D eigenvalue weighted by Crippen LogP contribution is -2.31. The lowest BCUT2D eigenvalue weighted by molar-refractivity contribution is -0.383. The lowest BCUT2D eigenvalue weighted by atomic mass is 9.71. The summed E-state index contributed by atoms with van der Waals surface area (Å²) >= 11 is 0. The number of non-ortho nitro benzene ring substituents is 1. The Kier molecular flexibility index (Phi) is 4.17. The second-order valence-electron chi connectivity index (χ2n) is 8.01. The van der Waals surface area contributed by atoms with Gasteiger partial charge in [0.2, 0.25) is 0 Å². The summed E-state index contributed by atoms with van der Waals surface area (Å²) in [6.45, 7) is 0. The van der Waals surface area contributed by atoms with Crippen molar-refractivity contribution in [2.24, 2.45) is 0 Å². The molecule has 29 heavy (non-hydrogen) atoms. The van der Waals surface area contributed by atoms with Crippen LogP contribution >= 0.6 is 0 Å². The molecule has 5 rings (SSSR count). The lowest BCUT2D eigenvalue weighted by Gasteiger charge is -2.31. The normalized spacial score (nSPS) is 14.2. The van der Waals surface area contributed by atoms with E-state index in [1.54, 1.807) is 6.07 Å². The minimum absolute atomic E-state index is 0.111. The van der Waals surface area contributed by atoms with E-state index in [1.807, 2.05) is 30.3 Å². The van der Waals surface area contributed by atoms with Crippen LogP contribution in [0.15, 0.2) is 91.0 Å². The summed E-state index contributed by atoms with van der Waals surface area (Å²) in [5.74, 6) is 0. The van der Waals surface area contributed by atoms with Crippen LogP contribution in [0, 0.1) is 10.1 Å². The molecule has 0 aliphatic heterocycles. The number of nitro groups is 1. The molecular weight excluding hydrogens is 358 g/mol. The van der Waals surface area contributed by atoms with Gasteiger partial charge in [-0.1, -0.05) is 78.9 Å². The van der Waals surface area contributed by atoms with E-state index in [-0.39, 0.29) is 16.0 Å². The van der Waals surface area contributed by atoms with E-state index in [0.29, 0.717) is 0 Å². The maximum absolute atomic E-state index is 11.6. The van der Waals surface area contributed by atoms with Crippen LogP contribution in [0.2, 0.25) is 0 Å². The molecule has 0 unspecified atom stereocenters. The van der Waals surface area contributed by atoms with E-state index in [2.05, 4.69) is 54.6 Å². The summed E-state index contributed by atoms with van der Waals surface area (Å²) in [7, 11) is 0. The Balaban J connectivity index is 1.71. The topological polar surface area (TPSA) is 43.1 Å². The molecule has 0 heterocycles. The number of hydrogen-bond donors (Lipinski definition) is 0. The average Bonchev–Trinajstić information content (AvgIpc) is 3.04. The molecule has 1 aliphatic carbocycles. The summed E-state index contributed by atoms with van der Waals surface area (Å²) < 4.78 is 0. The molecule has 1 aliphatic rings. The van der Waals surface area contributed by atoms with E-state index >= 15 is 0 Å². The molecule has 0 spiro atoms. The number of nitrogens with zero attached hydrogens (tertiary/aromatic N) is 1. The summed E-state index contributed by atoms with van der Waals surface area (Å²) in [5.41, 5.74) is 5.13. The van der Waals surface area contributed by atoms with Crippen molar-refractivity contribution in [1.29, 1.82) is 0 Å². The van der Waals surface area contributed by atoms with Gasteiger partial charge in [0, 0.05) is 11.5 Å². The van der Waals surface area contributed by atoms with Gasteiger partial charge in [0.1, 0.15) is 0 Å². The minimum Gasteiger partial charge on any atom is -0.258 e. The van der Waals surface area contributed by atoms with Crippen LogP contribution in [0.3, 0.4) is 0 Å². The van der Waals surface area contributed by atoms with Gasteiger partial charge >= 0.3 is 0 Å². The highest BCUT2D eigenvalue weighted by atomic mass is 16.6. The third-order valence-corrected chi connectivity index (χ3v) is 6.17. The molecule has 0 atom stereocenters. The van der Waals surface area contributed by atoms with Gasteiger partial charge in [0.15, 0.2) is 0 Å². The van der Waals surface area contributed by atoms with E-state index in [1.165, 1.54) is 22.3 Å². The van der Waals surface area contributed by atoms with Crippen LogP contribution in [-0.4, -0.2) is 4.92 Å². The van der Waals surface area contributed by atoms with Crippen LogP contribution in [0.25, 0.3) is 10.8 Å². The SMILES string of the molecule is O=[N+]([O-])c1ccc2c3c(cccc13)C(Cc1ccccc1)(Cc1ccccc1)C2. The van der Waals surface area contributed by atoms with E-state index < -0.39 is 0 Å². The van der Waals surface area contributed by atoms with Gasteiger partial charge in [-0.3, -0.25) is 10.1 Å². The highest BCUT2D eigenvalue weighted by molar-refractivity contribution is 5.98. The molecule has 3 heteroatoms. The van der Waals surface area contributed by atoms with Crippen molar-refractivity contribution in [3.63, 3.8) is 0 Å².